The SMILES string of the molecule is CN(Cc1ccc(C(=O)NCC(=O)N2C[C@@H](O)C[C@H]2B(O)O)cc1)C(=O)CCCCNC(=O)[C@H](CCCN=C(N)N)NC(=O)CN1CCN(CC(=O)O)CCN(CC(=O)O)CCN(CC(=O)O)CC1.[Lu]. The van der Waals surface area contributed by atoms with Gasteiger partial charge < -0.3 is 67.7 Å². The molecule has 2 fully saturated rings. The summed E-state index contributed by atoms with van der Waals surface area (Å²) in [5.41, 5.74) is 11.9. The van der Waals surface area contributed by atoms with Gasteiger partial charge in [-0.15, -0.1) is 0 Å². The smallest absolute Gasteiger partial charge is 0.475 e. The predicted octanol–water partition coefficient (Wildman–Crippen LogP) is -5.35. The number of nitrogens with two attached hydrogens (primary N) is 2. The first-order valence-corrected chi connectivity index (χ1v) is 22.8. The third kappa shape index (κ3) is 23.9. The van der Waals surface area contributed by atoms with Crippen LogP contribution in [0.15, 0.2) is 29.3 Å². The van der Waals surface area contributed by atoms with Gasteiger partial charge in [-0.05, 0) is 49.8 Å². The normalized spacial score (nSPS) is 17.9. The van der Waals surface area contributed by atoms with Crippen molar-refractivity contribution in [3.8, 4) is 0 Å². The number of carboxylic acid groups (broad SMARTS) is 3. The van der Waals surface area contributed by atoms with E-state index in [-0.39, 0.29) is 178 Å². The number of rotatable bonds is 25. The first-order valence-electron chi connectivity index (χ1n) is 22.8. The van der Waals surface area contributed by atoms with Gasteiger partial charge in [0.1, 0.15) is 6.04 Å². The number of likely N-dealkylation sites (tertiary alicyclic amines) is 1. The molecule has 26 nitrogen and oxygen atoms in total. The zero-order chi connectivity index (χ0) is 51.0. The van der Waals surface area contributed by atoms with Crippen molar-refractivity contribution in [1.29, 1.82) is 0 Å². The van der Waals surface area contributed by atoms with E-state index < -0.39 is 73.3 Å². The Hall–Kier alpha value is -4.73. The van der Waals surface area contributed by atoms with Crippen LogP contribution in [0.25, 0.3) is 0 Å². The number of aliphatic carboxylic acids is 3. The second kappa shape index (κ2) is 32.3. The summed E-state index contributed by atoms with van der Waals surface area (Å²) in [7, 11) is -0.195. The Balaban J connectivity index is 0.0000168. The Labute approximate surface area is 436 Å². The number of amides is 5. The molecule has 13 N–H and O–H groups in total. The van der Waals surface area contributed by atoms with Crippen molar-refractivity contribution in [2.24, 2.45) is 16.5 Å². The Morgan fingerprint density at radius 2 is 1.29 bits per heavy atom. The van der Waals surface area contributed by atoms with Gasteiger partial charge in [0.05, 0.1) is 44.8 Å². The summed E-state index contributed by atoms with van der Waals surface area (Å²) in [6.07, 6.45) is 0.672. The van der Waals surface area contributed by atoms with Gasteiger partial charge in [0.25, 0.3) is 5.91 Å². The van der Waals surface area contributed by atoms with Crippen LogP contribution in [0.3, 0.4) is 0 Å². The third-order valence-electron chi connectivity index (χ3n) is 11.5. The number of carboxylic acids is 3. The average Bonchev–Trinajstić information content (AvgIpc) is 3.68. The van der Waals surface area contributed by atoms with Gasteiger partial charge in [0.15, 0.2) is 5.96 Å². The molecule has 1 aromatic rings. The third-order valence-corrected chi connectivity index (χ3v) is 11.5. The molecule has 1 radical (unpaired) electrons. The van der Waals surface area contributed by atoms with Crippen molar-refractivity contribution < 1.29 is 106 Å². The van der Waals surface area contributed by atoms with E-state index in [9.17, 15) is 68.8 Å². The van der Waals surface area contributed by atoms with Gasteiger partial charge in [0.2, 0.25) is 23.6 Å². The van der Waals surface area contributed by atoms with Crippen LogP contribution in [0, 0.1) is 36.9 Å². The minimum Gasteiger partial charge on any atom is -0.480 e. The number of aliphatic hydroxyl groups excluding tert-OH is 1. The van der Waals surface area contributed by atoms with Gasteiger partial charge in [0, 0.05) is 134 Å². The summed E-state index contributed by atoms with van der Waals surface area (Å²) in [5.74, 6) is -6.60. The number of aliphatic hydroxyl groups is 1. The molecule has 70 heavy (non-hydrogen) atoms. The number of guanidine groups is 1. The van der Waals surface area contributed by atoms with Crippen molar-refractivity contribution in [1.82, 2.24) is 45.3 Å². The van der Waals surface area contributed by atoms with Crippen LogP contribution in [0.5, 0.6) is 0 Å². The van der Waals surface area contributed by atoms with Gasteiger partial charge in [-0.25, -0.2) is 0 Å². The first kappa shape index (κ1) is 61.4. The molecule has 0 aliphatic carbocycles. The summed E-state index contributed by atoms with van der Waals surface area (Å²) in [4.78, 5) is 113. The van der Waals surface area contributed by atoms with E-state index in [0.717, 1.165) is 10.5 Å². The Morgan fingerprint density at radius 1 is 0.771 bits per heavy atom. The Kier molecular flexibility index (Phi) is 28.3. The van der Waals surface area contributed by atoms with Gasteiger partial charge >= 0.3 is 25.0 Å². The number of carbonyl (C=O) groups excluding carboxylic acids is 5. The number of nitrogens with zero attached hydrogens (tertiary/aromatic N) is 7. The molecule has 2 heterocycles. The largest absolute Gasteiger partial charge is 0.480 e. The van der Waals surface area contributed by atoms with E-state index in [0.29, 0.717) is 19.3 Å². The summed E-state index contributed by atoms with van der Waals surface area (Å²) in [6.45, 7) is 0.680. The number of nitrogens with one attached hydrogen (secondary N) is 3. The first-order chi connectivity index (χ1) is 32.7. The zero-order valence-electron chi connectivity index (χ0n) is 39.4. The fraction of sp³-hybridized carbons (Fsp3) is 0.643. The number of carbonyl (C=O) groups is 8. The molecule has 2 aliphatic heterocycles. The van der Waals surface area contributed by atoms with Crippen LogP contribution in [-0.2, 0) is 40.1 Å². The minimum absolute atomic E-state index is 0. The van der Waals surface area contributed by atoms with Crippen LogP contribution in [0.1, 0.15) is 54.4 Å². The molecule has 3 rings (SSSR count). The maximum atomic E-state index is 13.6. The standard InChI is InChI=1S/C42H69BN12O14.Lu/c1-50(23-29-7-9-30(10-8-29)40(66)48-22-36(59)55-24-31(56)21-33(55)43(68)69)35(58)6-2-3-11-46-41(67)32(5-4-12-47-42(44)45)49-34(57)25-51-13-15-52(26-37(60)61)17-19-54(28-39(64)65)20-18-53(16-14-51)27-38(62)63;/h7-10,31-33,56,68-69H,2-6,11-28H2,1H3,(H,46,67)(H,48,66)(H,49,57)(H,60,61)(H,62,63)(H,64,65)(H4,44,45,47);/t31-,32-,33-;/m0./s1. The van der Waals surface area contributed by atoms with Gasteiger partial charge in [-0.1, -0.05) is 12.1 Å². The van der Waals surface area contributed by atoms with Crippen molar-refractivity contribution in [2.45, 2.75) is 63.2 Å². The molecular formula is C42H69BLuN12O14. The molecule has 3 atom stereocenters. The molecular weight excluding hydrogens is 1080 g/mol. The molecule has 0 saturated carbocycles. The van der Waals surface area contributed by atoms with Crippen LogP contribution in [0.2, 0.25) is 0 Å². The van der Waals surface area contributed by atoms with Crippen LogP contribution in [0.4, 0.5) is 0 Å². The summed E-state index contributed by atoms with van der Waals surface area (Å²) in [5, 5.41) is 65.4. The number of β-amino-alcohol motifs (C(OH)–C–C–N with tert-alkyl or cyclic N) is 1. The average molecular weight is 1150 g/mol. The fourth-order valence-corrected chi connectivity index (χ4v) is 7.82. The van der Waals surface area contributed by atoms with Crippen LogP contribution < -0.4 is 27.4 Å². The maximum Gasteiger partial charge on any atom is 0.475 e. The van der Waals surface area contributed by atoms with E-state index in [1.807, 2.05) is 0 Å². The van der Waals surface area contributed by atoms with Crippen LogP contribution in [-0.4, -0.2) is 250 Å². The fourth-order valence-electron chi connectivity index (χ4n) is 7.82. The predicted molar refractivity (Wildman–Crippen MR) is 249 cm³/mol. The second-order valence-electron chi connectivity index (χ2n) is 17.1. The van der Waals surface area contributed by atoms with Crippen molar-refractivity contribution >= 4 is 60.5 Å². The maximum absolute atomic E-state index is 13.6. The van der Waals surface area contributed by atoms with E-state index >= 15 is 0 Å². The molecule has 0 bridgehead atoms. The molecule has 1 aromatic carbocycles. The van der Waals surface area contributed by atoms with E-state index in [2.05, 4.69) is 20.9 Å². The number of aliphatic imine (C=N–C) groups is 1. The number of benzene rings is 1. The summed E-state index contributed by atoms with van der Waals surface area (Å²) < 4.78 is 0. The van der Waals surface area contributed by atoms with Gasteiger partial charge in [-0.3, -0.25) is 62.9 Å². The van der Waals surface area contributed by atoms with E-state index in [1.54, 1.807) is 50.9 Å². The molecule has 28 heteroatoms. The molecule has 0 aromatic heterocycles. The summed E-state index contributed by atoms with van der Waals surface area (Å²) >= 11 is 0. The molecule has 2 aliphatic rings. The van der Waals surface area contributed by atoms with Crippen molar-refractivity contribution in [3.63, 3.8) is 0 Å². The Bertz CT molecular complexity index is 1890. The molecule has 0 unspecified atom stereocenters. The molecule has 399 valence electrons. The quantitative estimate of drug-likeness (QED) is 0.0188. The molecule has 0 spiro atoms. The second-order valence-corrected chi connectivity index (χ2v) is 17.1. The topological polar surface area (TPSA) is 378 Å². The monoisotopic (exact) mass is 1150 g/mol. The number of hydrogen-bond donors (Lipinski definition) is 11. The van der Waals surface area contributed by atoms with E-state index in [4.69, 9.17) is 11.5 Å². The molecule has 2 saturated heterocycles. The molecule has 5 amide bonds. The summed E-state index contributed by atoms with van der Waals surface area (Å²) in [6, 6.07) is 5.44. The zero-order valence-corrected chi connectivity index (χ0v) is 41.0. The number of hydrogen-bond acceptors (Lipinski definition) is 16. The minimum atomic E-state index is -1.83. The Morgan fingerprint density at radius 3 is 1.77 bits per heavy atom. The number of unbranched alkanes of at least 4 members (excludes halogenated alkanes) is 1. The van der Waals surface area contributed by atoms with Crippen molar-refractivity contribution in [3.05, 3.63) is 35.4 Å². The van der Waals surface area contributed by atoms with Crippen LogP contribution >= 0.6 is 0 Å². The van der Waals surface area contributed by atoms with E-state index in [1.165, 1.54) is 4.90 Å². The van der Waals surface area contributed by atoms with Crippen molar-refractivity contribution in [2.75, 3.05) is 112 Å². The van der Waals surface area contributed by atoms with Gasteiger partial charge in [-0.2, -0.15) is 0 Å².